The van der Waals surface area contributed by atoms with Gasteiger partial charge in [-0.25, -0.2) is 13.8 Å². The van der Waals surface area contributed by atoms with Crippen molar-refractivity contribution in [2.24, 2.45) is 13.0 Å². The Morgan fingerprint density at radius 2 is 1.97 bits per heavy atom. The fourth-order valence-electron chi connectivity index (χ4n) is 3.82. The van der Waals surface area contributed by atoms with Crippen molar-refractivity contribution >= 4 is 33.3 Å². The number of nitrogens with zero attached hydrogens (tertiary/aromatic N) is 4. The average molecular weight is 397 g/mol. The predicted octanol–water partition coefficient (Wildman–Crippen LogP) is 5.57. The molecule has 4 rings (SSSR count). The number of rotatable bonds is 5. The lowest BCUT2D eigenvalue weighted by atomic mass is 10.0. The SMILES string of the molecule is Cc1cc2cnn(C)c2c(C)c1Nc1nccc2c1ccn2CC(F)(F)C(C)C. The molecule has 4 aromatic rings. The molecule has 0 saturated carbocycles. The summed E-state index contributed by atoms with van der Waals surface area (Å²) in [5.41, 5.74) is 4.90. The molecule has 29 heavy (non-hydrogen) atoms. The summed E-state index contributed by atoms with van der Waals surface area (Å²) in [6, 6.07) is 5.71. The summed E-state index contributed by atoms with van der Waals surface area (Å²) in [4.78, 5) is 4.49. The van der Waals surface area contributed by atoms with Crippen molar-refractivity contribution in [3.8, 4) is 0 Å². The standard InChI is InChI=1S/C22H25F2N5/c1-13(2)22(23,24)12-29-9-7-17-18(29)6-8-25-21(17)27-19-14(3)10-16-11-26-28(5)20(16)15(19)4/h6-11,13H,12H2,1-5H3,(H,25,27). The van der Waals surface area contributed by atoms with E-state index in [1.165, 1.54) is 0 Å². The highest BCUT2D eigenvalue weighted by Crippen LogP contribution is 2.34. The van der Waals surface area contributed by atoms with Gasteiger partial charge in [0.15, 0.2) is 0 Å². The maximum Gasteiger partial charge on any atom is 0.267 e. The highest BCUT2D eigenvalue weighted by molar-refractivity contribution is 5.95. The molecule has 0 bridgehead atoms. The van der Waals surface area contributed by atoms with Crippen molar-refractivity contribution in [1.29, 1.82) is 0 Å². The van der Waals surface area contributed by atoms with Crippen molar-refractivity contribution in [1.82, 2.24) is 19.3 Å². The number of benzene rings is 1. The van der Waals surface area contributed by atoms with E-state index >= 15 is 0 Å². The molecule has 3 aromatic heterocycles. The highest BCUT2D eigenvalue weighted by atomic mass is 19.3. The fraction of sp³-hybridized carbons (Fsp3) is 0.364. The van der Waals surface area contributed by atoms with E-state index in [4.69, 9.17) is 0 Å². The Morgan fingerprint density at radius 3 is 2.69 bits per heavy atom. The molecule has 0 atom stereocenters. The molecule has 0 spiro atoms. The summed E-state index contributed by atoms with van der Waals surface area (Å²) < 4.78 is 32.0. The number of hydrogen-bond donors (Lipinski definition) is 1. The molecule has 1 N–H and O–H groups in total. The third-order valence-electron chi connectivity index (χ3n) is 5.63. The van der Waals surface area contributed by atoms with Gasteiger partial charge >= 0.3 is 0 Å². The zero-order valence-electron chi connectivity index (χ0n) is 17.3. The second kappa shape index (κ2) is 6.83. The van der Waals surface area contributed by atoms with Gasteiger partial charge in [0.2, 0.25) is 0 Å². The third-order valence-corrected chi connectivity index (χ3v) is 5.63. The number of hydrogen-bond acceptors (Lipinski definition) is 3. The Labute approximate surface area is 168 Å². The number of pyridine rings is 1. The fourth-order valence-corrected chi connectivity index (χ4v) is 3.82. The molecule has 0 radical (unpaired) electrons. The summed E-state index contributed by atoms with van der Waals surface area (Å²) in [6.45, 7) is 6.82. The summed E-state index contributed by atoms with van der Waals surface area (Å²) in [5.74, 6) is -2.85. The van der Waals surface area contributed by atoms with Crippen LogP contribution in [-0.4, -0.2) is 25.3 Å². The minimum atomic E-state index is -2.78. The second-order valence-electron chi connectivity index (χ2n) is 7.98. The van der Waals surface area contributed by atoms with Crippen LogP contribution in [0.1, 0.15) is 25.0 Å². The number of fused-ring (bicyclic) bond motifs is 2. The molecular weight excluding hydrogens is 372 g/mol. The van der Waals surface area contributed by atoms with E-state index in [-0.39, 0.29) is 6.54 Å². The first kappa shape index (κ1) is 19.4. The quantitative estimate of drug-likeness (QED) is 0.479. The van der Waals surface area contributed by atoms with Crippen molar-refractivity contribution in [2.45, 2.75) is 40.2 Å². The molecule has 1 aromatic carbocycles. The summed E-state index contributed by atoms with van der Waals surface area (Å²) in [6.07, 6.45) is 5.22. The molecular formula is C22H25F2N5. The van der Waals surface area contributed by atoms with E-state index in [2.05, 4.69) is 21.5 Å². The Kier molecular flexibility index (Phi) is 4.56. The molecule has 0 saturated heterocycles. The minimum absolute atomic E-state index is 0.351. The molecule has 0 aliphatic heterocycles. The molecule has 0 amide bonds. The number of halogens is 2. The average Bonchev–Trinajstić information content (AvgIpc) is 3.22. The molecule has 152 valence electrons. The molecule has 0 aliphatic rings. The van der Waals surface area contributed by atoms with Crippen LogP contribution in [0, 0.1) is 19.8 Å². The topological polar surface area (TPSA) is 47.7 Å². The zero-order chi connectivity index (χ0) is 20.9. The van der Waals surface area contributed by atoms with Crippen LogP contribution in [0.4, 0.5) is 20.3 Å². The van der Waals surface area contributed by atoms with Crippen LogP contribution < -0.4 is 5.32 Å². The van der Waals surface area contributed by atoms with Gasteiger partial charge < -0.3 is 9.88 Å². The van der Waals surface area contributed by atoms with Crippen LogP contribution in [0.2, 0.25) is 0 Å². The Morgan fingerprint density at radius 1 is 1.21 bits per heavy atom. The lowest BCUT2D eigenvalue weighted by Crippen LogP contribution is -2.29. The first-order valence-corrected chi connectivity index (χ1v) is 9.69. The van der Waals surface area contributed by atoms with Crippen LogP contribution in [0.25, 0.3) is 21.8 Å². The van der Waals surface area contributed by atoms with Crippen LogP contribution in [0.5, 0.6) is 0 Å². The van der Waals surface area contributed by atoms with Crippen molar-refractivity contribution in [2.75, 3.05) is 5.32 Å². The maximum absolute atomic E-state index is 14.3. The predicted molar refractivity (Wildman–Crippen MR) is 113 cm³/mol. The number of nitrogens with one attached hydrogen (secondary N) is 1. The largest absolute Gasteiger partial charge is 0.341 e. The number of alkyl halides is 2. The van der Waals surface area contributed by atoms with Crippen LogP contribution in [0.15, 0.2) is 36.8 Å². The van der Waals surface area contributed by atoms with Gasteiger partial charge in [0, 0.05) is 41.8 Å². The second-order valence-corrected chi connectivity index (χ2v) is 7.98. The van der Waals surface area contributed by atoms with E-state index in [0.717, 1.165) is 38.6 Å². The van der Waals surface area contributed by atoms with E-state index in [1.807, 2.05) is 37.8 Å². The number of aryl methyl sites for hydroxylation is 3. The molecule has 7 heteroatoms. The van der Waals surface area contributed by atoms with Gasteiger partial charge in [0.1, 0.15) is 5.82 Å². The maximum atomic E-state index is 14.3. The Balaban J connectivity index is 1.77. The number of aromatic nitrogens is 4. The van der Waals surface area contributed by atoms with Crippen molar-refractivity contribution in [3.05, 3.63) is 47.9 Å². The van der Waals surface area contributed by atoms with Gasteiger partial charge in [-0.2, -0.15) is 5.10 Å². The summed E-state index contributed by atoms with van der Waals surface area (Å²) in [5, 5.41) is 9.68. The lowest BCUT2D eigenvalue weighted by molar-refractivity contribution is -0.0587. The Hall–Kier alpha value is -2.96. The van der Waals surface area contributed by atoms with E-state index in [1.54, 1.807) is 36.9 Å². The van der Waals surface area contributed by atoms with Gasteiger partial charge in [0.05, 0.1) is 23.8 Å². The van der Waals surface area contributed by atoms with Gasteiger partial charge in [0.25, 0.3) is 5.92 Å². The van der Waals surface area contributed by atoms with Gasteiger partial charge in [-0.1, -0.05) is 13.8 Å². The van der Waals surface area contributed by atoms with Crippen LogP contribution in [-0.2, 0) is 13.6 Å². The smallest absolute Gasteiger partial charge is 0.267 e. The first-order chi connectivity index (χ1) is 13.7. The minimum Gasteiger partial charge on any atom is -0.341 e. The molecule has 0 fully saturated rings. The first-order valence-electron chi connectivity index (χ1n) is 9.69. The monoisotopic (exact) mass is 397 g/mol. The van der Waals surface area contributed by atoms with Crippen molar-refractivity contribution < 1.29 is 8.78 Å². The van der Waals surface area contributed by atoms with Crippen LogP contribution in [0.3, 0.4) is 0 Å². The van der Waals surface area contributed by atoms with E-state index < -0.39 is 11.8 Å². The summed E-state index contributed by atoms with van der Waals surface area (Å²) in [7, 11) is 1.92. The third kappa shape index (κ3) is 3.24. The van der Waals surface area contributed by atoms with Crippen LogP contribution >= 0.6 is 0 Å². The summed E-state index contributed by atoms with van der Waals surface area (Å²) >= 11 is 0. The van der Waals surface area contributed by atoms with Gasteiger partial charge in [-0.05, 0) is 43.2 Å². The highest BCUT2D eigenvalue weighted by Gasteiger charge is 2.34. The van der Waals surface area contributed by atoms with Gasteiger partial charge in [-0.3, -0.25) is 4.68 Å². The van der Waals surface area contributed by atoms with Crippen molar-refractivity contribution in [3.63, 3.8) is 0 Å². The molecule has 0 aliphatic carbocycles. The Bertz CT molecular complexity index is 1200. The van der Waals surface area contributed by atoms with Gasteiger partial charge in [-0.15, -0.1) is 0 Å². The lowest BCUT2D eigenvalue weighted by Gasteiger charge is -2.21. The molecule has 0 unspecified atom stereocenters. The van der Waals surface area contributed by atoms with E-state index in [0.29, 0.717) is 5.82 Å². The number of anilines is 2. The molecule has 3 heterocycles. The van der Waals surface area contributed by atoms with E-state index in [9.17, 15) is 8.78 Å². The normalized spacial score (nSPS) is 12.4. The zero-order valence-corrected chi connectivity index (χ0v) is 17.3. The molecule has 5 nitrogen and oxygen atoms in total.